The van der Waals surface area contributed by atoms with Crippen LogP contribution in [0.2, 0.25) is 0 Å². The molecule has 0 radical (unpaired) electrons. The topological polar surface area (TPSA) is 51.4 Å². The molecule has 5 nitrogen and oxygen atoms in total. The average Bonchev–Trinajstić information content (AvgIpc) is 2.96. The van der Waals surface area contributed by atoms with Crippen LogP contribution >= 0.6 is 0 Å². The molecule has 0 amide bonds. The Balaban J connectivity index is 1.58. The van der Waals surface area contributed by atoms with Crippen LogP contribution < -0.4 is 0 Å². The van der Waals surface area contributed by atoms with Gasteiger partial charge >= 0.3 is 0 Å². The molecule has 1 aromatic carbocycles. The predicted octanol–water partition coefficient (Wildman–Crippen LogP) is 1.94. The van der Waals surface area contributed by atoms with Crippen LogP contribution in [0.25, 0.3) is 0 Å². The number of rotatable bonds is 2. The van der Waals surface area contributed by atoms with E-state index in [-0.39, 0.29) is 11.9 Å². The second kappa shape index (κ2) is 6.69. The second-order valence-corrected chi connectivity index (χ2v) is 5.07. The molecule has 3 rings (SSSR count). The van der Waals surface area contributed by atoms with Gasteiger partial charge in [0.05, 0.1) is 13.2 Å². The molecule has 2 heterocycles. The van der Waals surface area contributed by atoms with Crippen LogP contribution in [0.5, 0.6) is 0 Å². The molecule has 114 valence electrons. The first-order valence-corrected chi connectivity index (χ1v) is 7.09. The van der Waals surface area contributed by atoms with Gasteiger partial charge in [-0.1, -0.05) is 17.0 Å². The Hall–Kier alpha value is -2.23. The van der Waals surface area contributed by atoms with Crippen LogP contribution in [0.3, 0.4) is 0 Å². The molecule has 0 unspecified atom stereocenters. The van der Waals surface area contributed by atoms with Crippen molar-refractivity contribution in [1.29, 1.82) is 0 Å². The van der Waals surface area contributed by atoms with Crippen molar-refractivity contribution in [3.8, 4) is 11.8 Å². The molecule has 1 fully saturated rings. The number of aromatic nitrogens is 2. The number of hydrogen-bond acceptors (Lipinski definition) is 5. The first-order valence-electron chi connectivity index (χ1n) is 7.09. The van der Waals surface area contributed by atoms with Crippen LogP contribution in [0.15, 0.2) is 28.8 Å². The van der Waals surface area contributed by atoms with Gasteiger partial charge in [0, 0.05) is 25.6 Å². The molecule has 22 heavy (non-hydrogen) atoms. The maximum Gasteiger partial charge on any atom is 0.223 e. The number of morpholine rings is 1. The van der Waals surface area contributed by atoms with Crippen molar-refractivity contribution in [3.63, 3.8) is 0 Å². The molecule has 1 atom stereocenters. The summed E-state index contributed by atoms with van der Waals surface area (Å²) in [4.78, 5) is 6.38. The fraction of sp³-hybridized carbons (Fsp3) is 0.375. The number of hydrogen-bond donors (Lipinski definition) is 0. The lowest BCUT2D eigenvalue weighted by Crippen LogP contribution is -2.38. The van der Waals surface area contributed by atoms with Gasteiger partial charge in [-0.05, 0) is 24.3 Å². The highest BCUT2D eigenvalue weighted by Gasteiger charge is 2.25. The summed E-state index contributed by atoms with van der Waals surface area (Å²) < 4.78 is 23.5. The molecular weight excluding hydrogens is 285 g/mol. The number of benzene rings is 1. The van der Waals surface area contributed by atoms with Gasteiger partial charge in [-0.2, -0.15) is 4.98 Å². The Morgan fingerprint density at radius 2 is 2.18 bits per heavy atom. The Bertz CT molecular complexity index is 687. The Labute approximate surface area is 128 Å². The van der Waals surface area contributed by atoms with Gasteiger partial charge in [-0.3, -0.25) is 4.90 Å². The molecule has 1 aliphatic rings. The standard InChI is InChI=1S/C16H16FN3O2/c1-12-18-16(19-22-12)15-11-20(9-10-21-15)8-2-3-13-4-6-14(17)7-5-13/h4-7,15H,8-11H2,1H3/t15-/m0/s1. The van der Waals surface area contributed by atoms with E-state index in [1.54, 1.807) is 19.1 Å². The second-order valence-electron chi connectivity index (χ2n) is 5.07. The molecule has 0 aliphatic carbocycles. The first kappa shape index (κ1) is 14.7. The van der Waals surface area contributed by atoms with Crippen LogP contribution in [-0.2, 0) is 4.74 Å². The van der Waals surface area contributed by atoms with Crippen molar-refractivity contribution in [2.24, 2.45) is 0 Å². The number of aryl methyl sites for hydroxylation is 1. The quantitative estimate of drug-likeness (QED) is 0.794. The fourth-order valence-electron chi connectivity index (χ4n) is 2.23. The SMILES string of the molecule is Cc1nc([C@@H]2CN(CC#Cc3ccc(F)cc3)CCO2)no1. The van der Waals surface area contributed by atoms with Crippen LogP contribution in [0, 0.1) is 24.6 Å². The maximum atomic E-state index is 12.8. The van der Waals surface area contributed by atoms with Crippen molar-refractivity contribution in [2.45, 2.75) is 13.0 Å². The third kappa shape index (κ3) is 3.70. The van der Waals surface area contributed by atoms with Gasteiger partial charge in [0.2, 0.25) is 11.7 Å². The molecule has 1 aliphatic heterocycles. The van der Waals surface area contributed by atoms with Crippen LogP contribution in [0.4, 0.5) is 4.39 Å². The largest absolute Gasteiger partial charge is 0.367 e. The van der Waals surface area contributed by atoms with E-state index in [1.165, 1.54) is 12.1 Å². The summed E-state index contributed by atoms with van der Waals surface area (Å²) in [6, 6.07) is 6.17. The molecule has 0 N–H and O–H groups in total. The lowest BCUT2D eigenvalue weighted by Gasteiger charge is -2.29. The predicted molar refractivity (Wildman–Crippen MR) is 77.4 cm³/mol. The van der Waals surface area contributed by atoms with Crippen molar-refractivity contribution in [1.82, 2.24) is 15.0 Å². The average molecular weight is 301 g/mol. The molecule has 6 heteroatoms. The molecule has 2 aromatic rings. The first-order chi connectivity index (χ1) is 10.7. The summed E-state index contributed by atoms with van der Waals surface area (Å²) in [5.74, 6) is 6.99. The number of nitrogens with zero attached hydrogens (tertiary/aromatic N) is 3. The molecule has 0 bridgehead atoms. The van der Waals surface area contributed by atoms with Crippen molar-refractivity contribution >= 4 is 0 Å². The van der Waals surface area contributed by atoms with E-state index in [0.717, 1.165) is 12.1 Å². The van der Waals surface area contributed by atoms with Gasteiger partial charge in [0.1, 0.15) is 11.9 Å². The number of halogens is 1. The third-order valence-electron chi connectivity index (χ3n) is 3.36. The summed E-state index contributed by atoms with van der Waals surface area (Å²) >= 11 is 0. The van der Waals surface area contributed by atoms with E-state index >= 15 is 0 Å². The van der Waals surface area contributed by atoms with Crippen LogP contribution in [-0.4, -0.2) is 41.3 Å². The summed E-state index contributed by atoms with van der Waals surface area (Å²) in [7, 11) is 0. The zero-order valence-electron chi connectivity index (χ0n) is 12.3. The van der Waals surface area contributed by atoms with E-state index < -0.39 is 0 Å². The van der Waals surface area contributed by atoms with Crippen molar-refractivity contribution in [2.75, 3.05) is 26.2 Å². The van der Waals surface area contributed by atoms with E-state index in [4.69, 9.17) is 9.26 Å². The lowest BCUT2D eigenvalue weighted by molar-refractivity contribution is -0.0307. The minimum Gasteiger partial charge on any atom is -0.367 e. The number of ether oxygens (including phenoxy) is 1. The van der Waals surface area contributed by atoms with E-state index in [9.17, 15) is 4.39 Å². The minimum atomic E-state index is -0.253. The molecule has 0 saturated carbocycles. The summed E-state index contributed by atoms with van der Waals surface area (Å²) in [6.07, 6.45) is -0.182. The highest BCUT2D eigenvalue weighted by Crippen LogP contribution is 2.19. The zero-order chi connectivity index (χ0) is 15.4. The van der Waals surface area contributed by atoms with Crippen LogP contribution in [0.1, 0.15) is 23.4 Å². The third-order valence-corrected chi connectivity index (χ3v) is 3.36. The van der Waals surface area contributed by atoms with Gasteiger partial charge in [0.25, 0.3) is 0 Å². The molecule has 1 saturated heterocycles. The van der Waals surface area contributed by atoms with E-state index in [1.807, 2.05) is 0 Å². The summed E-state index contributed by atoms with van der Waals surface area (Å²) in [5.41, 5.74) is 0.806. The Morgan fingerprint density at radius 3 is 2.91 bits per heavy atom. The summed E-state index contributed by atoms with van der Waals surface area (Å²) in [6.45, 7) is 4.47. The highest BCUT2D eigenvalue weighted by molar-refractivity contribution is 5.34. The van der Waals surface area contributed by atoms with Gasteiger partial charge in [-0.15, -0.1) is 0 Å². The molecule has 0 spiro atoms. The minimum absolute atomic E-state index is 0.182. The zero-order valence-corrected chi connectivity index (χ0v) is 12.3. The molecular formula is C16H16FN3O2. The summed E-state index contributed by atoms with van der Waals surface area (Å²) in [5, 5.41) is 3.90. The van der Waals surface area contributed by atoms with E-state index in [2.05, 4.69) is 26.9 Å². The Kier molecular flexibility index (Phi) is 4.47. The lowest BCUT2D eigenvalue weighted by atomic mass is 10.2. The van der Waals surface area contributed by atoms with Gasteiger partial charge in [0.15, 0.2) is 0 Å². The monoisotopic (exact) mass is 301 g/mol. The van der Waals surface area contributed by atoms with Crippen molar-refractivity contribution < 1.29 is 13.7 Å². The maximum absolute atomic E-state index is 12.8. The highest BCUT2D eigenvalue weighted by atomic mass is 19.1. The Morgan fingerprint density at radius 1 is 1.36 bits per heavy atom. The van der Waals surface area contributed by atoms with Gasteiger partial charge < -0.3 is 9.26 Å². The molecule has 1 aromatic heterocycles. The fourth-order valence-corrected chi connectivity index (χ4v) is 2.23. The smallest absolute Gasteiger partial charge is 0.223 e. The van der Waals surface area contributed by atoms with Gasteiger partial charge in [-0.25, -0.2) is 4.39 Å². The van der Waals surface area contributed by atoms with Crippen molar-refractivity contribution in [3.05, 3.63) is 47.4 Å². The van der Waals surface area contributed by atoms with E-state index in [0.29, 0.717) is 31.4 Å². The normalized spacial score (nSPS) is 18.7.